The van der Waals surface area contributed by atoms with E-state index in [4.69, 9.17) is 5.73 Å². The van der Waals surface area contributed by atoms with Gasteiger partial charge in [-0.3, -0.25) is 0 Å². The van der Waals surface area contributed by atoms with Gasteiger partial charge in [-0.05, 0) is 50.2 Å². The van der Waals surface area contributed by atoms with E-state index in [0.29, 0.717) is 5.92 Å². The first-order valence-corrected chi connectivity index (χ1v) is 6.06. The summed E-state index contributed by atoms with van der Waals surface area (Å²) in [4.78, 5) is 2.61. The van der Waals surface area contributed by atoms with Crippen LogP contribution in [0.1, 0.15) is 33.6 Å². The molecule has 0 radical (unpaired) electrons. The quantitative estimate of drug-likeness (QED) is 0.748. The van der Waals surface area contributed by atoms with Crippen molar-refractivity contribution in [3.63, 3.8) is 0 Å². The molecule has 84 valence electrons. The van der Waals surface area contributed by atoms with E-state index < -0.39 is 0 Å². The minimum Gasteiger partial charge on any atom is -0.330 e. The molecule has 3 atom stereocenters. The van der Waals surface area contributed by atoms with Crippen molar-refractivity contribution in [3.05, 3.63) is 0 Å². The maximum atomic E-state index is 5.62. The number of nitrogens with two attached hydrogens (primary N) is 1. The van der Waals surface area contributed by atoms with Gasteiger partial charge in [0.05, 0.1) is 0 Å². The van der Waals surface area contributed by atoms with Crippen LogP contribution in [0.4, 0.5) is 0 Å². The predicted molar refractivity (Wildman–Crippen MR) is 62.2 cm³/mol. The van der Waals surface area contributed by atoms with Gasteiger partial charge in [-0.2, -0.15) is 0 Å². The average molecular weight is 198 g/mol. The van der Waals surface area contributed by atoms with Gasteiger partial charge in [0.2, 0.25) is 0 Å². The van der Waals surface area contributed by atoms with Crippen molar-refractivity contribution >= 4 is 0 Å². The maximum Gasteiger partial charge on any atom is 0.000957 e. The summed E-state index contributed by atoms with van der Waals surface area (Å²) in [6, 6.07) is 0. The largest absolute Gasteiger partial charge is 0.330 e. The summed E-state index contributed by atoms with van der Waals surface area (Å²) in [6.45, 7) is 11.7. The Labute approximate surface area is 88.8 Å². The van der Waals surface area contributed by atoms with Gasteiger partial charge in [-0.15, -0.1) is 0 Å². The summed E-state index contributed by atoms with van der Waals surface area (Å²) >= 11 is 0. The molecule has 1 rings (SSSR count). The standard InChI is InChI=1S/C12H26N2/c1-10(8-13)4-6-14-7-5-11(2)12(3)9-14/h10-12H,4-9,13H2,1-3H3. The number of hydrogen-bond donors (Lipinski definition) is 1. The van der Waals surface area contributed by atoms with Gasteiger partial charge in [-0.1, -0.05) is 20.8 Å². The summed E-state index contributed by atoms with van der Waals surface area (Å²) in [7, 11) is 0. The SMILES string of the molecule is CC(CN)CCN1CCC(C)C(C)C1. The molecule has 0 aromatic heterocycles. The first kappa shape index (κ1) is 12.0. The second-order valence-electron chi connectivity index (χ2n) is 5.17. The zero-order valence-corrected chi connectivity index (χ0v) is 10.00. The number of piperidine rings is 1. The highest BCUT2D eigenvalue weighted by Crippen LogP contribution is 2.22. The molecule has 1 aliphatic heterocycles. The van der Waals surface area contributed by atoms with Gasteiger partial charge < -0.3 is 10.6 Å². The molecule has 3 unspecified atom stereocenters. The molecular weight excluding hydrogens is 172 g/mol. The summed E-state index contributed by atoms with van der Waals surface area (Å²) in [6.07, 6.45) is 2.63. The second-order valence-corrected chi connectivity index (χ2v) is 5.17. The van der Waals surface area contributed by atoms with Gasteiger partial charge in [0.15, 0.2) is 0 Å². The molecule has 0 aliphatic carbocycles. The van der Waals surface area contributed by atoms with Crippen molar-refractivity contribution in [2.75, 3.05) is 26.2 Å². The van der Waals surface area contributed by atoms with E-state index >= 15 is 0 Å². The van der Waals surface area contributed by atoms with Crippen LogP contribution in [0.3, 0.4) is 0 Å². The molecule has 0 bridgehead atoms. The molecule has 0 saturated carbocycles. The van der Waals surface area contributed by atoms with Gasteiger partial charge >= 0.3 is 0 Å². The third kappa shape index (κ3) is 3.58. The van der Waals surface area contributed by atoms with Gasteiger partial charge in [0, 0.05) is 6.54 Å². The van der Waals surface area contributed by atoms with Gasteiger partial charge in [0.1, 0.15) is 0 Å². The van der Waals surface area contributed by atoms with E-state index in [1.807, 2.05) is 0 Å². The first-order chi connectivity index (χ1) is 6.63. The van der Waals surface area contributed by atoms with Crippen molar-refractivity contribution in [1.29, 1.82) is 0 Å². The highest BCUT2D eigenvalue weighted by Gasteiger charge is 2.22. The molecule has 2 nitrogen and oxygen atoms in total. The minimum absolute atomic E-state index is 0.685. The molecule has 1 fully saturated rings. The molecule has 1 heterocycles. The van der Waals surface area contributed by atoms with Crippen molar-refractivity contribution in [1.82, 2.24) is 4.90 Å². The number of nitrogens with zero attached hydrogens (tertiary/aromatic N) is 1. The van der Waals surface area contributed by atoms with Gasteiger partial charge in [0.25, 0.3) is 0 Å². The highest BCUT2D eigenvalue weighted by atomic mass is 15.1. The third-order valence-corrected chi connectivity index (χ3v) is 3.76. The Morgan fingerprint density at radius 2 is 2.07 bits per heavy atom. The molecule has 0 spiro atoms. The van der Waals surface area contributed by atoms with Crippen LogP contribution in [0.25, 0.3) is 0 Å². The molecule has 0 aromatic rings. The Kier molecular flexibility index (Phi) is 4.90. The van der Waals surface area contributed by atoms with E-state index in [1.54, 1.807) is 0 Å². The molecule has 1 saturated heterocycles. The molecule has 2 heteroatoms. The average Bonchev–Trinajstić information content (AvgIpc) is 2.19. The number of rotatable bonds is 4. The lowest BCUT2D eigenvalue weighted by molar-refractivity contribution is 0.132. The van der Waals surface area contributed by atoms with Crippen LogP contribution in [-0.2, 0) is 0 Å². The summed E-state index contributed by atoms with van der Waals surface area (Å²) in [5.74, 6) is 2.47. The first-order valence-electron chi connectivity index (χ1n) is 6.06. The maximum absolute atomic E-state index is 5.62. The van der Waals surface area contributed by atoms with Crippen LogP contribution in [0, 0.1) is 17.8 Å². The van der Waals surface area contributed by atoms with E-state index in [-0.39, 0.29) is 0 Å². The van der Waals surface area contributed by atoms with Crippen molar-refractivity contribution in [2.24, 2.45) is 23.5 Å². The lowest BCUT2D eigenvalue weighted by Gasteiger charge is -2.35. The number of likely N-dealkylation sites (tertiary alicyclic amines) is 1. The van der Waals surface area contributed by atoms with Crippen LogP contribution in [0.5, 0.6) is 0 Å². The van der Waals surface area contributed by atoms with Crippen molar-refractivity contribution in [2.45, 2.75) is 33.6 Å². The topological polar surface area (TPSA) is 29.3 Å². The zero-order chi connectivity index (χ0) is 10.6. The van der Waals surface area contributed by atoms with Crippen LogP contribution >= 0.6 is 0 Å². The lowest BCUT2D eigenvalue weighted by atomic mass is 9.88. The van der Waals surface area contributed by atoms with E-state index in [9.17, 15) is 0 Å². The normalized spacial score (nSPS) is 31.7. The van der Waals surface area contributed by atoms with Crippen molar-refractivity contribution < 1.29 is 0 Å². The van der Waals surface area contributed by atoms with E-state index in [2.05, 4.69) is 25.7 Å². The fourth-order valence-electron chi connectivity index (χ4n) is 2.07. The molecule has 2 N–H and O–H groups in total. The molecule has 0 amide bonds. The lowest BCUT2D eigenvalue weighted by Crippen LogP contribution is -2.39. The highest BCUT2D eigenvalue weighted by molar-refractivity contribution is 4.75. The molecule has 0 aromatic carbocycles. The van der Waals surface area contributed by atoms with E-state index in [0.717, 1.165) is 18.4 Å². The Hall–Kier alpha value is -0.0800. The minimum atomic E-state index is 0.685. The van der Waals surface area contributed by atoms with Crippen LogP contribution in [-0.4, -0.2) is 31.1 Å². The number of hydrogen-bond acceptors (Lipinski definition) is 2. The third-order valence-electron chi connectivity index (χ3n) is 3.76. The molecule has 14 heavy (non-hydrogen) atoms. The molecule has 1 aliphatic rings. The Balaban J connectivity index is 2.20. The van der Waals surface area contributed by atoms with Crippen LogP contribution in [0.2, 0.25) is 0 Å². The zero-order valence-electron chi connectivity index (χ0n) is 10.00. The summed E-state index contributed by atoms with van der Waals surface area (Å²) in [5, 5.41) is 0. The summed E-state index contributed by atoms with van der Waals surface area (Å²) in [5.41, 5.74) is 5.62. The smallest absolute Gasteiger partial charge is 0.000957 e. The van der Waals surface area contributed by atoms with Crippen molar-refractivity contribution in [3.8, 4) is 0 Å². The predicted octanol–water partition coefficient (Wildman–Crippen LogP) is 1.95. The van der Waals surface area contributed by atoms with Gasteiger partial charge in [-0.25, -0.2) is 0 Å². The summed E-state index contributed by atoms with van der Waals surface area (Å²) < 4.78 is 0. The molecular formula is C12H26N2. The fraction of sp³-hybridized carbons (Fsp3) is 1.00. The monoisotopic (exact) mass is 198 g/mol. The second kappa shape index (κ2) is 5.72. The van der Waals surface area contributed by atoms with Crippen LogP contribution in [0.15, 0.2) is 0 Å². The Bertz CT molecular complexity index is 158. The van der Waals surface area contributed by atoms with Crippen LogP contribution < -0.4 is 5.73 Å². The van der Waals surface area contributed by atoms with E-state index in [1.165, 1.54) is 32.5 Å². The fourth-order valence-corrected chi connectivity index (χ4v) is 2.07. The Morgan fingerprint density at radius 1 is 1.36 bits per heavy atom. The Morgan fingerprint density at radius 3 is 2.64 bits per heavy atom.